The number of fused-ring (bicyclic) bond motifs is 1. The topological polar surface area (TPSA) is 59.3 Å². The van der Waals surface area contributed by atoms with Gasteiger partial charge in [-0.05, 0) is 48.0 Å². The van der Waals surface area contributed by atoms with Gasteiger partial charge in [-0.1, -0.05) is 23.2 Å². The number of nitriles is 1. The predicted octanol–water partition coefficient (Wildman–Crippen LogP) is 4.51. The summed E-state index contributed by atoms with van der Waals surface area (Å²) in [5.41, 5.74) is 0.953. The van der Waals surface area contributed by atoms with Gasteiger partial charge in [0.25, 0.3) is 0 Å². The minimum atomic E-state index is -0.391. The zero-order valence-electron chi connectivity index (χ0n) is 11.7. The third kappa shape index (κ3) is 3.16. The first kappa shape index (κ1) is 15.4. The van der Waals surface area contributed by atoms with Gasteiger partial charge in [0.2, 0.25) is 12.6 Å². The monoisotopic (exact) mass is 345 g/mol. The van der Waals surface area contributed by atoms with E-state index in [9.17, 15) is 10.1 Å². The molecule has 0 spiro atoms. The van der Waals surface area contributed by atoms with Gasteiger partial charge in [0, 0.05) is 10.6 Å². The van der Waals surface area contributed by atoms with Gasteiger partial charge in [-0.15, -0.1) is 0 Å². The number of rotatable bonds is 3. The first-order chi connectivity index (χ1) is 11.1. The van der Waals surface area contributed by atoms with E-state index in [1.807, 2.05) is 6.07 Å². The molecule has 1 heterocycles. The lowest BCUT2D eigenvalue weighted by Gasteiger charge is -2.03. The second kappa shape index (κ2) is 6.33. The zero-order chi connectivity index (χ0) is 16.4. The summed E-state index contributed by atoms with van der Waals surface area (Å²) < 4.78 is 10.5. The Morgan fingerprint density at radius 3 is 2.61 bits per heavy atom. The number of nitrogens with zero attached hydrogens (tertiary/aromatic N) is 1. The van der Waals surface area contributed by atoms with E-state index in [0.29, 0.717) is 32.7 Å². The zero-order valence-corrected chi connectivity index (χ0v) is 13.2. The van der Waals surface area contributed by atoms with Crippen LogP contribution in [-0.4, -0.2) is 12.6 Å². The first-order valence-corrected chi connectivity index (χ1v) is 7.35. The lowest BCUT2D eigenvalue weighted by molar-refractivity contribution is 0.104. The molecule has 1 aliphatic rings. The van der Waals surface area contributed by atoms with E-state index >= 15 is 0 Å². The molecule has 0 saturated carbocycles. The number of ether oxygens (including phenoxy) is 2. The standard InChI is InChI=1S/C17H9Cl2NO3/c18-13-3-1-11(2-4-13)16(21)12(8-20)5-10-6-14(19)17-15(7-10)22-9-23-17/h1-7H,9H2/b12-5+. The van der Waals surface area contributed by atoms with E-state index in [-0.39, 0.29) is 12.4 Å². The van der Waals surface area contributed by atoms with Crippen molar-refractivity contribution in [1.29, 1.82) is 5.26 Å². The molecule has 3 rings (SSSR count). The smallest absolute Gasteiger partial charge is 0.231 e. The van der Waals surface area contributed by atoms with Gasteiger partial charge in [0.05, 0.1) is 5.02 Å². The fourth-order valence-corrected chi connectivity index (χ4v) is 2.54. The number of benzene rings is 2. The van der Waals surface area contributed by atoms with Crippen molar-refractivity contribution >= 4 is 35.1 Å². The molecule has 0 N–H and O–H groups in total. The van der Waals surface area contributed by atoms with Gasteiger partial charge in [0.15, 0.2) is 11.5 Å². The van der Waals surface area contributed by atoms with Crippen molar-refractivity contribution in [3.8, 4) is 17.6 Å². The number of hydrogen-bond donors (Lipinski definition) is 0. The van der Waals surface area contributed by atoms with E-state index in [1.165, 1.54) is 6.08 Å². The van der Waals surface area contributed by atoms with E-state index in [0.717, 1.165) is 0 Å². The van der Waals surface area contributed by atoms with Crippen molar-refractivity contribution in [2.45, 2.75) is 0 Å². The van der Waals surface area contributed by atoms with Crippen LogP contribution >= 0.6 is 23.2 Å². The maximum absolute atomic E-state index is 12.4. The van der Waals surface area contributed by atoms with Crippen LogP contribution in [0.25, 0.3) is 6.08 Å². The molecular weight excluding hydrogens is 337 g/mol. The number of Topliss-reactive ketones (excluding diaryl/α,β-unsaturated/α-hetero) is 1. The maximum Gasteiger partial charge on any atom is 0.231 e. The van der Waals surface area contributed by atoms with Crippen molar-refractivity contribution in [1.82, 2.24) is 0 Å². The summed E-state index contributed by atoms with van der Waals surface area (Å²) in [7, 11) is 0. The van der Waals surface area contributed by atoms with Gasteiger partial charge in [-0.2, -0.15) is 5.26 Å². The largest absolute Gasteiger partial charge is 0.454 e. The number of carbonyl (C=O) groups is 1. The summed E-state index contributed by atoms with van der Waals surface area (Å²) in [6.45, 7) is 0.0943. The van der Waals surface area contributed by atoms with Crippen LogP contribution < -0.4 is 9.47 Å². The summed E-state index contributed by atoms with van der Waals surface area (Å²) in [6.07, 6.45) is 1.46. The van der Waals surface area contributed by atoms with Crippen molar-refractivity contribution < 1.29 is 14.3 Å². The van der Waals surface area contributed by atoms with E-state index in [2.05, 4.69) is 0 Å². The second-order valence-corrected chi connectivity index (χ2v) is 5.59. The Hall–Kier alpha value is -2.48. The molecule has 6 heteroatoms. The Balaban J connectivity index is 1.96. The van der Waals surface area contributed by atoms with Gasteiger partial charge < -0.3 is 9.47 Å². The molecule has 0 unspecified atom stereocenters. The summed E-state index contributed by atoms with van der Waals surface area (Å²) >= 11 is 11.9. The van der Waals surface area contributed by atoms with Crippen LogP contribution in [-0.2, 0) is 0 Å². The van der Waals surface area contributed by atoms with Gasteiger partial charge in [0.1, 0.15) is 11.6 Å². The second-order valence-electron chi connectivity index (χ2n) is 4.74. The molecule has 23 heavy (non-hydrogen) atoms. The van der Waals surface area contributed by atoms with Crippen LogP contribution in [0.5, 0.6) is 11.5 Å². The Kier molecular flexibility index (Phi) is 4.24. The Bertz CT molecular complexity index is 851. The Labute approximate surface area is 142 Å². The van der Waals surface area contributed by atoms with Crippen LogP contribution in [0.3, 0.4) is 0 Å². The number of carbonyl (C=O) groups excluding carboxylic acids is 1. The van der Waals surface area contributed by atoms with Crippen molar-refractivity contribution in [2.75, 3.05) is 6.79 Å². The number of ketones is 1. The summed E-state index contributed by atoms with van der Waals surface area (Å²) in [4.78, 5) is 12.4. The molecule has 1 aliphatic heterocycles. The lowest BCUT2D eigenvalue weighted by atomic mass is 10.0. The summed E-state index contributed by atoms with van der Waals surface area (Å²) in [5, 5.41) is 10.2. The molecule has 4 nitrogen and oxygen atoms in total. The molecule has 0 bridgehead atoms. The van der Waals surface area contributed by atoms with Gasteiger partial charge in [-0.3, -0.25) is 4.79 Å². The molecule has 0 amide bonds. The highest BCUT2D eigenvalue weighted by Gasteiger charge is 2.19. The molecule has 0 atom stereocenters. The molecule has 114 valence electrons. The molecule has 0 aromatic heterocycles. The normalized spacial score (nSPS) is 12.8. The summed E-state index contributed by atoms with van der Waals surface area (Å²) in [6, 6.07) is 11.5. The SMILES string of the molecule is N#C/C(=C\c1cc(Cl)c2c(c1)OCO2)C(=O)c1ccc(Cl)cc1. The molecule has 0 aliphatic carbocycles. The third-order valence-corrected chi connectivity index (χ3v) is 3.76. The van der Waals surface area contributed by atoms with Crippen molar-refractivity contribution in [2.24, 2.45) is 0 Å². The minimum absolute atomic E-state index is 0.0118. The van der Waals surface area contributed by atoms with Crippen LogP contribution in [0.2, 0.25) is 10.0 Å². The van der Waals surface area contributed by atoms with E-state index < -0.39 is 5.78 Å². The van der Waals surface area contributed by atoms with Crippen LogP contribution in [0.4, 0.5) is 0 Å². The van der Waals surface area contributed by atoms with Crippen LogP contribution in [0, 0.1) is 11.3 Å². The van der Waals surface area contributed by atoms with Crippen LogP contribution in [0.1, 0.15) is 15.9 Å². The highest BCUT2D eigenvalue weighted by Crippen LogP contribution is 2.40. The Morgan fingerprint density at radius 2 is 1.91 bits per heavy atom. The van der Waals surface area contributed by atoms with Crippen molar-refractivity contribution in [3.05, 3.63) is 63.1 Å². The molecule has 0 radical (unpaired) electrons. The molecule has 0 saturated heterocycles. The molecule has 2 aromatic rings. The quantitative estimate of drug-likeness (QED) is 0.466. The molecule has 2 aromatic carbocycles. The maximum atomic E-state index is 12.4. The highest BCUT2D eigenvalue weighted by atomic mass is 35.5. The Morgan fingerprint density at radius 1 is 1.17 bits per heavy atom. The predicted molar refractivity (Wildman–Crippen MR) is 86.9 cm³/mol. The summed E-state index contributed by atoms with van der Waals surface area (Å²) in [5.74, 6) is 0.560. The average Bonchev–Trinajstić information content (AvgIpc) is 3.02. The third-order valence-electron chi connectivity index (χ3n) is 3.23. The van der Waals surface area contributed by atoms with Crippen LogP contribution in [0.15, 0.2) is 42.0 Å². The fraction of sp³-hybridized carbons (Fsp3) is 0.0588. The van der Waals surface area contributed by atoms with E-state index in [1.54, 1.807) is 36.4 Å². The van der Waals surface area contributed by atoms with E-state index in [4.69, 9.17) is 32.7 Å². The number of hydrogen-bond acceptors (Lipinski definition) is 4. The molecule has 0 fully saturated rings. The minimum Gasteiger partial charge on any atom is -0.454 e. The highest BCUT2D eigenvalue weighted by molar-refractivity contribution is 6.32. The average molecular weight is 346 g/mol. The van der Waals surface area contributed by atoms with Gasteiger partial charge >= 0.3 is 0 Å². The first-order valence-electron chi connectivity index (χ1n) is 6.59. The van der Waals surface area contributed by atoms with Crippen molar-refractivity contribution in [3.63, 3.8) is 0 Å². The van der Waals surface area contributed by atoms with Gasteiger partial charge in [-0.25, -0.2) is 0 Å². The fourth-order valence-electron chi connectivity index (χ4n) is 2.14. The lowest BCUT2D eigenvalue weighted by Crippen LogP contribution is -2.01. The molecular formula is C17H9Cl2NO3. The number of halogens is 2. The number of allylic oxidation sites excluding steroid dienone is 1.